The molecule has 1 nitrogen and oxygen atoms in total. The Morgan fingerprint density at radius 1 is 1.05 bits per heavy atom. The molecule has 19 heavy (non-hydrogen) atoms. The average Bonchev–Trinajstić information content (AvgIpc) is 2.35. The fourth-order valence-electron chi connectivity index (χ4n) is 2.91. The maximum absolute atomic E-state index is 13.7. The van der Waals surface area contributed by atoms with Crippen LogP contribution in [0.2, 0.25) is 0 Å². The van der Waals surface area contributed by atoms with E-state index in [2.05, 4.69) is 5.32 Å². The van der Waals surface area contributed by atoms with Gasteiger partial charge < -0.3 is 5.32 Å². The fraction of sp³-hybridized carbons (Fsp3) is 0.625. The van der Waals surface area contributed by atoms with Gasteiger partial charge in [0.1, 0.15) is 11.6 Å². The number of rotatable bonds is 3. The third-order valence-electron chi connectivity index (χ3n) is 4.02. The van der Waals surface area contributed by atoms with E-state index in [4.69, 9.17) is 0 Å². The maximum Gasteiger partial charge on any atom is 0.128 e. The second kappa shape index (κ2) is 6.99. The standard InChI is InChI=1S/C16H23F2N/c1-12(15-11-13(17)9-10-16(15)18)19-14-7-5-3-2-4-6-8-14/h9-12,14,19H,2-8H2,1H3. The van der Waals surface area contributed by atoms with E-state index in [0.717, 1.165) is 12.8 Å². The second-order valence-corrected chi connectivity index (χ2v) is 5.60. The molecule has 106 valence electrons. The van der Waals surface area contributed by atoms with Gasteiger partial charge in [-0.05, 0) is 38.0 Å². The largest absolute Gasteiger partial charge is 0.307 e. The van der Waals surface area contributed by atoms with Crippen LogP contribution in [0.25, 0.3) is 0 Å². The van der Waals surface area contributed by atoms with E-state index >= 15 is 0 Å². The molecule has 0 aromatic heterocycles. The molecule has 1 unspecified atom stereocenters. The van der Waals surface area contributed by atoms with Crippen molar-refractivity contribution in [1.82, 2.24) is 5.32 Å². The lowest BCUT2D eigenvalue weighted by Crippen LogP contribution is -2.32. The van der Waals surface area contributed by atoms with Crippen LogP contribution >= 0.6 is 0 Å². The van der Waals surface area contributed by atoms with Gasteiger partial charge in [-0.3, -0.25) is 0 Å². The van der Waals surface area contributed by atoms with Gasteiger partial charge in [-0.25, -0.2) is 8.78 Å². The molecule has 0 bridgehead atoms. The lowest BCUT2D eigenvalue weighted by molar-refractivity contribution is 0.358. The second-order valence-electron chi connectivity index (χ2n) is 5.60. The van der Waals surface area contributed by atoms with E-state index in [-0.39, 0.29) is 17.7 Å². The maximum atomic E-state index is 13.7. The molecule has 3 heteroatoms. The van der Waals surface area contributed by atoms with Gasteiger partial charge in [-0.15, -0.1) is 0 Å². The number of hydrogen-bond donors (Lipinski definition) is 1. The van der Waals surface area contributed by atoms with Crippen LogP contribution < -0.4 is 5.32 Å². The zero-order chi connectivity index (χ0) is 13.7. The molecule has 1 atom stereocenters. The number of benzene rings is 1. The van der Waals surface area contributed by atoms with E-state index in [1.165, 1.54) is 50.3 Å². The van der Waals surface area contributed by atoms with Crippen LogP contribution in [0.15, 0.2) is 18.2 Å². The first-order chi connectivity index (χ1) is 9.16. The Kier molecular flexibility index (Phi) is 5.32. The predicted octanol–water partition coefficient (Wildman–Crippen LogP) is 4.73. The van der Waals surface area contributed by atoms with Gasteiger partial charge >= 0.3 is 0 Å². The fourth-order valence-corrected chi connectivity index (χ4v) is 2.91. The van der Waals surface area contributed by atoms with Crippen LogP contribution in [-0.2, 0) is 0 Å². The van der Waals surface area contributed by atoms with E-state index < -0.39 is 0 Å². The van der Waals surface area contributed by atoms with Crippen molar-refractivity contribution in [2.24, 2.45) is 0 Å². The van der Waals surface area contributed by atoms with Gasteiger partial charge in [0.2, 0.25) is 0 Å². The predicted molar refractivity (Wildman–Crippen MR) is 74.0 cm³/mol. The van der Waals surface area contributed by atoms with Crippen LogP contribution in [0.4, 0.5) is 8.78 Å². The van der Waals surface area contributed by atoms with Crippen molar-refractivity contribution in [1.29, 1.82) is 0 Å². The summed E-state index contributed by atoms with van der Waals surface area (Å²) in [7, 11) is 0. The minimum Gasteiger partial charge on any atom is -0.307 e. The molecule has 1 N–H and O–H groups in total. The summed E-state index contributed by atoms with van der Waals surface area (Å²) in [5.74, 6) is -0.699. The van der Waals surface area contributed by atoms with Crippen molar-refractivity contribution in [2.45, 2.75) is 64.0 Å². The molecule has 0 amide bonds. The monoisotopic (exact) mass is 267 g/mol. The highest BCUT2D eigenvalue weighted by Crippen LogP contribution is 2.22. The lowest BCUT2D eigenvalue weighted by atomic mass is 9.95. The smallest absolute Gasteiger partial charge is 0.128 e. The average molecular weight is 267 g/mol. The van der Waals surface area contributed by atoms with Gasteiger partial charge in [0, 0.05) is 17.6 Å². The van der Waals surface area contributed by atoms with E-state index in [9.17, 15) is 8.78 Å². The summed E-state index contributed by atoms with van der Waals surface area (Å²) in [4.78, 5) is 0. The summed E-state index contributed by atoms with van der Waals surface area (Å²) >= 11 is 0. The topological polar surface area (TPSA) is 12.0 Å². The highest BCUT2D eigenvalue weighted by Gasteiger charge is 2.17. The normalized spacial score (nSPS) is 19.7. The molecule has 1 aliphatic carbocycles. The molecule has 1 aromatic rings. The van der Waals surface area contributed by atoms with Crippen molar-refractivity contribution < 1.29 is 8.78 Å². The van der Waals surface area contributed by atoms with E-state index in [0.29, 0.717) is 11.6 Å². The summed E-state index contributed by atoms with van der Waals surface area (Å²) in [5, 5.41) is 3.46. The Hall–Kier alpha value is -0.960. The van der Waals surface area contributed by atoms with Crippen molar-refractivity contribution in [3.8, 4) is 0 Å². The Morgan fingerprint density at radius 3 is 2.37 bits per heavy atom. The zero-order valence-corrected chi connectivity index (χ0v) is 11.6. The molecule has 0 radical (unpaired) electrons. The summed E-state index contributed by atoms with van der Waals surface area (Å²) in [6.07, 6.45) is 8.66. The third-order valence-corrected chi connectivity index (χ3v) is 4.02. The van der Waals surface area contributed by atoms with Crippen molar-refractivity contribution >= 4 is 0 Å². The summed E-state index contributed by atoms with van der Waals surface area (Å²) in [5.41, 5.74) is 0.432. The lowest BCUT2D eigenvalue weighted by Gasteiger charge is -2.25. The number of hydrogen-bond acceptors (Lipinski definition) is 1. The highest BCUT2D eigenvalue weighted by molar-refractivity contribution is 5.21. The van der Waals surface area contributed by atoms with Crippen LogP contribution in [0.5, 0.6) is 0 Å². The Bertz CT molecular complexity index is 398. The zero-order valence-electron chi connectivity index (χ0n) is 11.6. The van der Waals surface area contributed by atoms with Crippen LogP contribution in [-0.4, -0.2) is 6.04 Å². The van der Waals surface area contributed by atoms with E-state index in [1.807, 2.05) is 6.92 Å². The van der Waals surface area contributed by atoms with Gasteiger partial charge in [-0.2, -0.15) is 0 Å². The van der Waals surface area contributed by atoms with Gasteiger partial charge in [0.05, 0.1) is 0 Å². The summed E-state index contributed by atoms with van der Waals surface area (Å²) in [6, 6.07) is 3.97. The first kappa shape index (κ1) is 14.4. The Labute approximate surface area is 114 Å². The minimum atomic E-state index is -0.372. The number of halogens is 2. The molecular formula is C16H23F2N. The molecule has 1 fully saturated rings. The highest BCUT2D eigenvalue weighted by atomic mass is 19.1. The molecule has 1 aromatic carbocycles. The molecule has 0 aliphatic heterocycles. The summed E-state index contributed by atoms with van der Waals surface area (Å²) < 4.78 is 26.9. The molecular weight excluding hydrogens is 244 g/mol. The Morgan fingerprint density at radius 2 is 1.68 bits per heavy atom. The van der Waals surface area contributed by atoms with Gasteiger partial charge in [-0.1, -0.05) is 32.1 Å². The Balaban J connectivity index is 1.98. The summed E-state index contributed by atoms with van der Waals surface area (Å²) in [6.45, 7) is 1.91. The van der Waals surface area contributed by atoms with Crippen LogP contribution in [0.1, 0.15) is 63.5 Å². The molecule has 0 spiro atoms. The minimum absolute atomic E-state index is 0.139. The van der Waals surface area contributed by atoms with Crippen molar-refractivity contribution in [3.63, 3.8) is 0 Å². The molecule has 0 heterocycles. The van der Waals surface area contributed by atoms with Crippen LogP contribution in [0, 0.1) is 11.6 Å². The first-order valence-corrected chi connectivity index (χ1v) is 7.38. The van der Waals surface area contributed by atoms with Gasteiger partial charge in [0.25, 0.3) is 0 Å². The van der Waals surface area contributed by atoms with E-state index in [1.54, 1.807) is 0 Å². The SMILES string of the molecule is CC(NC1CCCCCCC1)c1cc(F)ccc1F. The quantitative estimate of drug-likeness (QED) is 0.835. The van der Waals surface area contributed by atoms with Crippen molar-refractivity contribution in [3.05, 3.63) is 35.4 Å². The molecule has 2 rings (SSSR count). The van der Waals surface area contributed by atoms with Gasteiger partial charge in [0.15, 0.2) is 0 Å². The van der Waals surface area contributed by atoms with Crippen molar-refractivity contribution in [2.75, 3.05) is 0 Å². The molecule has 1 aliphatic rings. The first-order valence-electron chi connectivity index (χ1n) is 7.38. The molecule has 0 saturated heterocycles. The number of nitrogens with one attached hydrogen (secondary N) is 1. The molecule has 1 saturated carbocycles. The van der Waals surface area contributed by atoms with Crippen LogP contribution in [0.3, 0.4) is 0 Å². The third kappa shape index (κ3) is 4.27.